The number of ether oxygens (including phenoxy) is 2. The fraction of sp³-hybridized carbons (Fsp3) is 0.154. The monoisotopic (exact) mass is 290 g/mol. The summed E-state index contributed by atoms with van der Waals surface area (Å²) in [6.45, 7) is 0.493. The Hall–Kier alpha value is -2.87. The summed E-state index contributed by atoms with van der Waals surface area (Å²) < 4.78 is 10.8. The standard InChI is InChI=1S/C13H14N4O4/c14-16-12-8-10(17(18)19)9-13(15-12)21-7-6-20-11-4-2-1-3-5-11/h1-5,8-9H,6-7,14H2,(H,15,16). The van der Waals surface area contributed by atoms with E-state index in [0.29, 0.717) is 6.61 Å². The molecule has 0 saturated heterocycles. The molecule has 3 N–H and O–H groups in total. The molecular formula is C13H14N4O4. The number of aromatic nitrogens is 1. The maximum Gasteiger partial charge on any atom is 0.278 e. The molecule has 2 aromatic rings. The third kappa shape index (κ3) is 4.32. The van der Waals surface area contributed by atoms with E-state index in [-0.39, 0.29) is 24.0 Å². The van der Waals surface area contributed by atoms with Gasteiger partial charge >= 0.3 is 0 Å². The molecular weight excluding hydrogens is 276 g/mol. The molecule has 8 nitrogen and oxygen atoms in total. The van der Waals surface area contributed by atoms with Crippen LogP contribution in [0.5, 0.6) is 11.6 Å². The Kier molecular flexibility index (Phi) is 4.89. The van der Waals surface area contributed by atoms with E-state index >= 15 is 0 Å². The largest absolute Gasteiger partial charge is 0.490 e. The molecule has 0 aliphatic rings. The zero-order chi connectivity index (χ0) is 15.1. The zero-order valence-electron chi connectivity index (χ0n) is 11.1. The van der Waals surface area contributed by atoms with Crippen LogP contribution in [0.4, 0.5) is 11.5 Å². The molecule has 1 aromatic heterocycles. The van der Waals surface area contributed by atoms with E-state index < -0.39 is 4.92 Å². The van der Waals surface area contributed by atoms with Crippen LogP contribution < -0.4 is 20.7 Å². The Balaban J connectivity index is 1.90. The van der Waals surface area contributed by atoms with Crippen LogP contribution in [0.15, 0.2) is 42.5 Å². The fourth-order valence-electron chi connectivity index (χ4n) is 1.57. The first-order valence-electron chi connectivity index (χ1n) is 6.13. The summed E-state index contributed by atoms with van der Waals surface area (Å²) in [4.78, 5) is 14.2. The molecule has 0 radical (unpaired) electrons. The van der Waals surface area contributed by atoms with E-state index in [0.717, 1.165) is 5.75 Å². The van der Waals surface area contributed by atoms with Crippen molar-refractivity contribution in [3.05, 3.63) is 52.6 Å². The molecule has 0 amide bonds. The normalized spacial score (nSPS) is 9.95. The lowest BCUT2D eigenvalue weighted by molar-refractivity contribution is -0.384. The highest BCUT2D eigenvalue weighted by Crippen LogP contribution is 2.21. The fourth-order valence-corrected chi connectivity index (χ4v) is 1.57. The van der Waals surface area contributed by atoms with Gasteiger partial charge in [0.25, 0.3) is 5.69 Å². The highest BCUT2D eigenvalue weighted by Gasteiger charge is 2.11. The lowest BCUT2D eigenvalue weighted by atomic mass is 10.3. The minimum absolute atomic E-state index is 0.105. The number of rotatable bonds is 7. The third-order valence-corrected chi connectivity index (χ3v) is 2.49. The number of nitrogen functional groups attached to an aromatic ring is 1. The molecule has 2 rings (SSSR count). The number of hydrazine groups is 1. The highest BCUT2D eigenvalue weighted by atomic mass is 16.6. The van der Waals surface area contributed by atoms with Gasteiger partial charge in [-0.05, 0) is 12.1 Å². The van der Waals surface area contributed by atoms with Gasteiger partial charge in [-0.2, -0.15) is 4.98 Å². The number of nitrogens with one attached hydrogen (secondary N) is 1. The first kappa shape index (κ1) is 14.5. The predicted molar refractivity (Wildman–Crippen MR) is 76.1 cm³/mol. The number of anilines is 1. The number of nitro groups is 1. The number of hydrogen-bond acceptors (Lipinski definition) is 7. The van der Waals surface area contributed by atoms with Crippen LogP contribution in [-0.4, -0.2) is 23.1 Å². The van der Waals surface area contributed by atoms with Crippen molar-refractivity contribution in [2.75, 3.05) is 18.6 Å². The summed E-state index contributed by atoms with van der Waals surface area (Å²) in [6.07, 6.45) is 0. The number of hydrogen-bond donors (Lipinski definition) is 2. The third-order valence-electron chi connectivity index (χ3n) is 2.49. The first-order valence-corrected chi connectivity index (χ1v) is 6.13. The van der Waals surface area contributed by atoms with E-state index in [1.54, 1.807) is 0 Å². The summed E-state index contributed by atoms with van der Waals surface area (Å²) in [7, 11) is 0. The molecule has 21 heavy (non-hydrogen) atoms. The van der Waals surface area contributed by atoms with Gasteiger partial charge < -0.3 is 14.9 Å². The van der Waals surface area contributed by atoms with Gasteiger partial charge in [-0.3, -0.25) is 10.1 Å². The van der Waals surface area contributed by atoms with Gasteiger partial charge in [-0.25, -0.2) is 5.84 Å². The highest BCUT2D eigenvalue weighted by molar-refractivity contribution is 5.47. The Bertz CT molecular complexity index is 606. The van der Waals surface area contributed by atoms with Crippen molar-refractivity contribution in [3.8, 4) is 11.6 Å². The van der Waals surface area contributed by atoms with E-state index in [9.17, 15) is 10.1 Å². The molecule has 1 heterocycles. The number of pyridine rings is 1. The lowest BCUT2D eigenvalue weighted by Crippen LogP contribution is -2.12. The maximum absolute atomic E-state index is 10.8. The predicted octanol–water partition coefficient (Wildman–Crippen LogP) is 1.73. The molecule has 0 bridgehead atoms. The minimum Gasteiger partial charge on any atom is -0.490 e. The summed E-state index contributed by atoms with van der Waals surface area (Å²) in [5, 5.41) is 10.8. The number of nitrogens with zero attached hydrogens (tertiary/aromatic N) is 2. The molecule has 0 atom stereocenters. The van der Waals surface area contributed by atoms with Crippen LogP contribution in [0.25, 0.3) is 0 Å². The Morgan fingerprint density at radius 2 is 1.90 bits per heavy atom. The van der Waals surface area contributed by atoms with Crippen molar-refractivity contribution in [2.45, 2.75) is 0 Å². The number of nitrogens with two attached hydrogens (primary N) is 1. The van der Waals surface area contributed by atoms with Crippen LogP contribution in [0, 0.1) is 10.1 Å². The van der Waals surface area contributed by atoms with Crippen LogP contribution in [0.2, 0.25) is 0 Å². The van der Waals surface area contributed by atoms with E-state index in [2.05, 4.69) is 10.4 Å². The van der Waals surface area contributed by atoms with Crippen molar-refractivity contribution in [3.63, 3.8) is 0 Å². The SMILES string of the molecule is NNc1cc([N+](=O)[O-])cc(OCCOc2ccccc2)n1. The molecule has 0 fully saturated rings. The van der Waals surface area contributed by atoms with Crippen molar-refractivity contribution in [2.24, 2.45) is 5.84 Å². The smallest absolute Gasteiger partial charge is 0.278 e. The van der Waals surface area contributed by atoms with E-state index in [1.165, 1.54) is 12.1 Å². The summed E-state index contributed by atoms with van der Waals surface area (Å²) in [6, 6.07) is 11.7. The van der Waals surface area contributed by atoms with Gasteiger partial charge in [0, 0.05) is 0 Å². The molecule has 1 aromatic carbocycles. The van der Waals surface area contributed by atoms with Crippen molar-refractivity contribution >= 4 is 11.5 Å². The van der Waals surface area contributed by atoms with Gasteiger partial charge in [0.1, 0.15) is 19.0 Å². The molecule has 0 unspecified atom stereocenters. The Morgan fingerprint density at radius 1 is 1.19 bits per heavy atom. The second-order valence-electron chi connectivity index (χ2n) is 3.96. The average molecular weight is 290 g/mol. The number of benzene rings is 1. The van der Waals surface area contributed by atoms with E-state index in [4.69, 9.17) is 15.3 Å². The van der Waals surface area contributed by atoms with Crippen LogP contribution in [0.1, 0.15) is 0 Å². The van der Waals surface area contributed by atoms with Gasteiger partial charge in [-0.1, -0.05) is 18.2 Å². The van der Waals surface area contributed by atoms with Gasteiger partial charge in [0.2, 0.25) is 5.88 Å². The van der Waals surface area contributed by atoms with E-state index in [1.807, 2.05) is 30.3 Å². The van der Waals surface area contributed by atoms with Gasteiger partial charge in [-0.15, -0.1) is 0 Å². The molecule has 0 aliphatic heterocycles. The molecule has 0 spiro atoms. The Labute approximate surface area is 120 Å². The topological polar surface area (TPSA) is 113 Å². The molecule has 8 heteroatoms. The first-order chi connectivity index (χ1) is 10.2. The lowest BCUT2D eigenvalue weighted by Gasteiger charge is -2.08. The minimum atomic E-state index is -0.546. The van der Waals surface area contributed by atoms with Gasteiger partial charge in [0.05, 0.1) is 17.1 Å². The summed E-state index contributed by atoms with van der Waals surface area (Å²) in [5.74, 6) is 6.18. The molecule has 0 saturated carbocycles. The van der Waals surface area contributed by atoms with Crippen molar-refractivity contribution in [1.82, 2.24) is 4.98 Å². The second-order valence-corrected chi connectivity index (χ2v) is 3.96. The molecule has 110 valence electrons. The van der Waals surface area contributed by atoms with Crippen LogP contribution in [0.3, 0.4) is 0 Å². The quantitative estimate of drug-likeness (QED) is 0.345. The average Bonchev–Trinajstić information content (AvgIpc) is 2.52. The Morgan fingerprint density at radius 3 is 2.57 bits per heavy atom. The second kappa shape index (κ2) is 7.06. The van der Waals surface area contributed by atoms with Crippen LogP contribution in [-0.2, 0) is 0 Å². The number of para-hydroxylation sites is 1. The molecule has 0 aliphatic carbocycles. The van der Waals surface area contributed by atoms with Crippen molar-refractivity contribution < 1.29 is 14.4 Å². The summed E-state index contributed by atoms with van der Waals surface area (Å²) in [5.41, 5.74) is 2.10. The maximum atomic E-state index is 10.8. The van der Waals surface area contributed by atoms with Crippen LogP contribution >= 0.6 is 0 Å². The van der Waals surface area contributed by atoms with Gasteiger partial charge in [0.15, 0.2) is 5.82 Å². The zero-order valence-corrected chi connectivity index (χ0v) is 11.1. The van der Waals surface area contributed by atoms with Crippen molar-refractivity contribution in [1.29, 1.82) is 0 Å². The summed E-state index contributed by atoms with van der Waals surface area (Å²) >= 11 is 0.